The smallest absolute Gasteiger partial charge is 0.132 e. The highest BCUT2D eigenvalue weighted by molar-refractivity contribution is 5.71. The first-order valence-electron chi connectivity index (χ1n) is 6.71. The summed E-state index contributed by atoms with van der Waals surface area (Å²) in [5.74, 6) is 1.71. The zero-order valence-corrected chi connectivity index (χ0v) is 11.2. The molecule has 0 amide bonds. The SMILES string of the molecule is CC(C)c1nc(-c2cccc(F)c2)c(N)n1C1CC1. The molecule has 0 unspecified atom stereocenters. The van der Waals surface area contributed by atoms with Crippen LogP contribution in [-0.4, -0.2) is 9.55 Å². The first-order valence-corrected chi connectivity index (χ1v) is 6.71. The molecule has 0 aliphatic heterocycles. The topological polar surface area (TPSA) is 43.8 Å². The quantitative estimate of drug-likeness (QED) is 0.912. The van der Waals surface area contributed by atoms with Crippen LogP contribution in [0.2, 0.25) is 0 Å². The van der Waals surface area contributed by atoms with Crippen molar-refractivity contribution in [1.82, 2.24) is 9.55 Å². The molecular formula is C15H18FN3. The number of nitrogen functional groups attached to an aromatic ring is 1. The molecule has 0 spiro atoms. The van der Waals surface area contributed by atoms with Gasteiger partial charge in [0.15, 0.2) is 0 Å². The number of benzene rings is 1. The van der Waals surface area contributed by atoms with Crippen molar-refractivity contribution < 1.29 is 4.39 Å². The molecule has 1 aromatic heterocycles. The summed E-state index contributed by atoms with van der Waals surface area (Å²) in [5, 5.41) is 0. The van der Waals surface area contributed by atoms with E-state index in [4.69, 9.17) is 5.73 Å². The van der Waals surface area contributed by atoms with Crippen LogP contribution in [-0.2, 0) is 0 Å². The summed E-state index contributed by atoms with van der Waals surface area (Å²) < 4.78 is 15.5. The normalized spacial score (nSPS) is 15.2. The molecule has 3 nitrogen and oxygen atoms in total. The predicted molar refractivity (Wildman–Crippen MR) is 74.4 cm³/mol. The minimum Gasteiger partial charge on any atom is -0.383 e. The molecule has 100 valence electrons. The van der Waals surface area contributed by atoms with Crippen molar-refractivity contribution in [2.75, 3.05) is 5.73 Å². The molecule has 0 radical (unpaired) electrons. The molecule has 2 N–H and O–H groups in total. The fraction of sp³-hybridized carbons (Fsp3) is 0.400. The van der Waals surface area contributed by atoms with E-state index in [0.717, 1.165) is 24.2 Å². The van der Waals surface area contributed by atoms with E-state index >= 15 is 0 Å². The van der Waals surface area contributed by atoms with Crippen LogP contribution in [0.25, 0.3) is 11.3 Å². The van der Waals surface area contributed by atoms with Crippen molar-refractivity contribution in [3.63, 3.8) is 0 Å². The molecule has 2 aromatic rings. The van der Waals surface area contributed by atoms with Crippen molar-refractivity contribution in [3.05, 3.63) is 35.9 Å². The van der Waals surface area contributed by atoms with Gasteiger partial charge in [0.1, 0.15) is 23.2 Å². The number of hydrogen-bond acceptors (Lipinski definition) is 2. The zero-order chi connectivity index (χ0) is 13.6. The first kappa shape index (κ1) is 12.2. The van der Waals surface area contributed by atoms with E-state index in [1.165, 1.54) is 12.1 Å². The second-order valence-corrected chi connectivity index (χ2v) is 5.47. The van der Waals surface area contributed by atoms with Crippen LogP contribution in [0.15, 0.2) is 24.3 Å². The van der Waals surface area contributed by atoms with Crippen LogP contribution in [0, 0.1) is 5.82 Å². The maximum absolute atomic E-state index is 13.3. The van der Waals surface area contributed by atoms with Crippen LogP contribution in [0.3, 0.4) is 0 Å². The number of nitrogens with zero attached hydrogens (tertiary/aromatic N) is 2. The molecule has 19 heavy (non-hydrogen) atoms. The lowest BCUT2D eigenvalue weighted by Gasteiger charge is -2.10. The molecule has 1 aliphatic rings. The monoisotopic (exact) mass is 259 g/mol. The van der Waals surface area contributed by atoms with Crippen molar-refractivity contribution >= 4 is 5.82 Å². The maximum Gasteiger partial charge on any atom is 0.132 e. The minimum absolute atomic E-state index is 0.260. The Kier molecular flexibility index (Phi) is 2.81. The van der Waals surface area contributed by atoms with E-state index in [9.17, 15) is 4.39 Å². The number of aromatic nitrogens is 2. The maximum atomic E-state index is 13.3. The molecule has 3 rings (SSSR count). The number of rotatable bonds is 3. The van der Waals surface area contributed by atoms with Crippen molar-refractivity contribution in [3.8, 4) is 11.3 Å². The van der Waals surface area contributed by atoms with Crippen molar-refractivity contribution in [2.24, 2.45) is 0 Å². The Morgan fingerprint density at radius 2 is 2.11 bits per heavy atom. The van der Waals surface area contributed by atoms with Crippen LogP contribution < -0.4 is 5.73 Å². The second-order valence-electron chi connectivity index (χ2n) is 5.47. The number of imidazole rings is 1. The number of anilines is 1. The molecule has 0 bridgehead atoms. The molecule has 1 aliphatic carbocycles. The van der Waals surface area contributed by atoms with Gasteiger partial charge in [-0.05, 0) is 25.0 Å². The molecule has 0 saturated heterocycles. The summed E-state index contributed by atoms with van der Waals surface area (Å²) in [6, 6.07) is 6.94. The van der Waals surface area contributed by atoms with Crippen LogP contribution in [0.5, 0.6) is 0 Å². The Morgan fingerprint density at radius 3 is 2.68 bits per heavy atom. The summed E-state index contributed by atoms with van der Waals surface area (Å²) >= 11 is 0. The van der Waals surface area contributed by atoms with E-state index in [1.807, 2.05) is 6.07 Å². The second kappa shape index (κ2) is 4.37. The summed E-state index contributed by atoms with van der Waals surface area (Å²) in [6.45, 7) is 4.21. The lowest BCUT2D eigenvalue weighted by atomic mass is 10.1. The molecular weight excluding hydrogens is 241 g/mol. The molecule has 1 aromatic carbocycles. The highest BCUT2D eigenvalue weighted by Gasteiger charge is 2.30. The van der Waals surface area contributed by atoms with E-state index in [1.54, 1.807) is 6.07 Å². The number of nitrogens with two attached hydrogens (primary N) is 1. The van der Waals surface area contributed by atoms with Crippen molar-refractivity contribution in [1.29, 1.82) is 0 Å². The molecule has 1 saturated carbocycles. The van der Waals surface area contributed by atoms with Gasteiger partial charge in [0.05, 0.1) is 0 Å². The molecule has 4 heteroatoms. The van der Waals surface area contributed by atoms with Gasteiger partial charge in [0.2, 0.25) is 0 Å². The van der Waals surface area contributed by atoms with Crippen LogP contribution in [0.1, 0.15) is 44.5 Å². The van der Waals surface area contributed by atoms with Gasteiger partial charge in [0.25, 0.3) is 0 Å². The Hall–Kier alpha value is -1.84. The summed E-state index contributed by atoms with van der Waals surface area (Å²) in [5.41, 5.74) is 7.70. The standard InChI is InChI=1S/C15H18FN3/c1-9(2)15-18-13(10-4-3-5-11(16)8-10)14(17)19(15)12-6-7-12/h3-5,8-9,12H,6-7,17H2,1-2H3. The number of hydrogen-bond donors (Lipinski definition) is 1. The average molecular weight is 259 g/mol. The predicted octanol–water partition coefficient (Wildman–Crippen LogP) is 3.73. The van der Waals surface area contributed by atoms with Crippen LogP contribution in [0.4, 0.5) is 10.2 Å². The third-order valence-electron chi connectivity index (χ3n) is 3.50. The fourth-order valence-corrected chi connectivity index (χ4v) is 2.44. The molecule has 0 atom stereocenters. The van der Waals surface area contributed by atoms with E-state index in [-0.39, 0.29) is 5.82 Å². The molecule has 1 heterocycles. The third-order valence-corrected chi connectivity index (χ3v) is 3.50. The summed E-state index contributed by atoms with van der Waals surface area (Å²) in [7, 11) is 0. The Labute approximate surface area is 112 Å². The third kappa shape index (κ3) is 2.11. The highest BCUT2D eigenvalue weighted by Crippen LogP contribution is 2.42. The Morgan fingerprint density at radius 1 is 1.37 bits per heavy atom. The molecule has 1 fully saturated rings. The van der Waals surface area contributed by atoms with E-state index in [2.05, 4.69) is 23.4 Å². The number of halogens is 1. The van der Waals surface area contributed by atoms with Gasteiger partial charge in [-0.15, -0.1) is 0 Å². The van der Waals surface area contributed by atoms with Gasteiger partial charge in [-0.1, -0.05) is 26.0 Å². The van der Waals surface area contributed by atoms with Gasteiger partial charge >= 0.3 is 0 Å². The zero-order valence-electron chi connectivity index (χ0n) is 11.2. The van der Waals surface area contributed by atoms with E-state index < -0.39 is 0 Å². The Balaban J connectivity index is 2.14. The lowest BCUT2D eigenvalue weighted by molar-refractivity contribution is 0.628. The lowest BCUT2D eigenvalue weighted by Crippen LogP contribution is -2.06. The van der Waals surface area contributed by atoms with Gasteiger partial charge in [-0.3, -0.25) is 0 Å². The summed E-state index contributed by atoms with van der Waals surface area (Å²) in [4.78, 5) is 4.65. The highest BCUT2D eigenvalue weighted by atomic mass is 19.1. The average Bonchev–Trinajstić information content (AvgIpc) is 3.12. The van der Waals surface area contributed by atoms with Gasteiger partial charge < -0.3 is 10.3 Å². The van der Waals surface area contributed by atoms with E-state index in [0.29, 0.717) is 23.5 Å². The van der Waals surface area contributed by atoms with Gasteiger partial charge in [-0.25, -0.2) is 9.37 Å². The van der Waals surface area contributed by atoms with Gasteiger partial charge in [-0.2, -0.15) is 0 Å². The van der Waals surface area contributed by atoms with Gasteiger partial charge in [0, 0.05) is 17.5 Å². The Bertz CT molecular complexity index is 612. The largest absolute Gasteiger partial charge is 0.383 e. The minimum atomic E-state index is -0.260. The fourth-order valence-electron chi connectivity index (χ4n) is 2.44. The van der Waals surface area contributed by atoms with Crippen LogP contribution >= 0.6 is 0 Å². The first-order chi connectivity index (χ1) is 9.08. The van der Waals surface area contributed by atoms with Crippen molar-refractivity contribution in [2.45, 2.75) is 38.6 Å². The summed E-state index contributed by atoms with van der Waals surface area (Å²) in [6.07, 6.45) is 2.31.